The Labute approximate surface area is 104 Å². The Balaban J connectivity index is 1.55. The van der Waals surface area contributed by atoms with Gasteiger partial charge in [-0.25, -0.2) is 0 Å². The SMILES string of the molecule is O=C(CCNCc1ccc(Cl)s1)NC1CC1. The van der Waals surface area contributed by atoms with Crippen LogP contribution in [-0.4, -0.2) is 18.5 Å². The van der Waals surface area contributed by atoms with Crippen LogP contribution in [-0.2, 0) is 11.3 Å². The van der Waals surface area contributed by atoms with E-state index in [1.165, 1.54) is 4.88 Å². The zero-order chi connectivity index (χ0) is 11.4. The van der Waals surface area contributed by atoms with E-state index in [0.717, 1.165) is 23.7 Å². The summed E-state index contributed by atoms with van der Waals surface area (Å²) in [5.74, 6) is 0.152. The topological polar surface area (TPSA) is 41.1 Å². The second-order valence-corrected chi connectivity index (χ2v) is 5.77. The van der Waals surface area contributed by atoms with Crippen LogP contribution in [0.5, 0.6) is 0 Å². The first kappa shape index (κ1) is 11.9. The van der Waals surface area contributed by atoms with Crippen LogP contribution in [0.1, 0.15) is 24.1 Å². The third-order valence-electron chi connectivity index (χ3n) is 2.40. The highest BCUT2D eigenvalue weighted by atomic mass is 35.5. The van der Waals surface area contributed by atoms with E-state index in [1.807, 2.05) is 12.1 Å². The van der Waals surface area contributed by atoms with Crippen molar-refractivity contribution in [2.45, 2.75) is 31.8 Å². The van der Waals surface area contributed by atoms with Gasteiger partial charge in [-0.3, -0.25) is 4.79 Å². The van der Waals surface area contributed by atoms with Crippen LogP contribution in [0.25, 0.3) is 0 Å². The van der Waals surface area contributed by atoms with Crippen molar-refractivity contribution < 1.29 is 4.79 Å². The summed E-state index contributed by atoms with van der Waals surface area (Å²) in [7, 11) is 0. The van der Waals surface area contributed by atoms with E-state index in [-0.39, 0.29) is 5.91 Å². The lowest BCUT2D eigenvalue weighted by molar-refractivity contribution is -0.121. The molecule has 1 aromatic heterocycles. The first-order chi connectivity index (χ1) is 7.74. The summed E-state index contributed by atoms with van der Waals surface area (Å²) in [5.41, 5.74) is 0. The third kappa shape index (κ3) is 4.12. The van der Waals surface area contributed by atoms with Gasteiger partial charge in [0.1, 0.15) is 0 Å². The first-order valence-electron chi connectivity index (χ1n) is 5.48. The fourth-order valence-electron chi connectivity index (χ4n) is 1.39. The Morgan fingerprint density at radius 2 is 2.31 bits per heavy atom. The fourth-order valence-corrected chi connectivity index (χ4v) is 2.44. The molecule has 5 heteroatoms. The molecule has 1 aliphatic rings. The maximum Gasteiger partial charge on any atom is 0.221 e. The van der Waals surface area contributed by atoms with Crippen LogP contribution in [0.15, 0.2) is 12.1 Å². The highest BCUT2D eigenvalue weighted by Crippen LogP contribution is 2.21. The maximum atomic E-state index is 11.3. The summed E-state index contributed by atoms with van der Waals surface area (Å²) in [4.78, 5) is 12.5. The van der Waals surface area contributed by atoms with Gasteiger partial charge in [0.05, 0.1) is 4.34 Å². The van der Waals surface area contributed by atoms with Crippen molar-refractivity contribution in [1.29, 1.82) is 0 Å². The van der Waals surface area contributed by atoms with Crippen LogP contribution in [0.2, 0.25) is 4.34 Å². The number of halogens is 1. The molecular weight excluding hydrogens is 244 g/mol. The largest absolute Gasteiger partial charge is 0.353 e. The van der Waals surface area contributed by atoms with Crippen LogP contribution >= 0.6 is 22.9 Å². The summed E-state index contributed by atoms with van der Waals surface area (Å²) < 4.78 is 0.809. The molecule has 1 heterocycles. The first-order valence-corrected chi connectivity index (χ1v) is 6.68. The number of hydrogen-bond donors (Lipinski definition) is 2. The van der Waals surface area contributed by atoms with Gasteiger partial charge in [0.25, 0.3) is 0 Å². The number of amides is 1. The average Bonchev–Trinajstić information content (AvgIpc) is 2.95. The molecule has 16 heavy (non-hydrogen) atoms. The molecule has 0 spiro atoms. The number of carbonyl (C=O) groups excluding carboxylic acids is 1. The molecule has 0 aliphatic heterocycles. The molecule has 0 bridgehead atoms. The molecule has 0 atom stereocenters. The van der Waals surface area contributed by atoms with Crippen LogP contribution < -0.4 is 10.6 Å². The number of rotatable bonds is 6. The van der Waals surface area contributed by atoms with Crippen LogP contribution in [0, 0.1) is 0 Å². The minimum Gasteiger partial charge on any atom is -0.353 e. The lowest BCUT2D eigenvalue weighted by Crippen LogP contribution is -2.28. The van der Waals surface area contributed by atoms with Gasteiger partial charge in [0.15, 0.2) is 0 Å². The van der Waals surface area contributed by atoms with Crippen molar-refractivity contribution in [2.24, 2.45) is 0 Å². The standard InChI is InChI=1S/C11H15ClN2OS/c12-10-4-3-9(16-10)7-13-6-5-11(15)14-8-1-2-8/h3-4,8,13H,1-2,5-7H2,(H,14,15). The minimum atomic E-state index is 0.152. The summed E-state index contributed by atoms with van der Waals surface area (Å²) in [6, 6.07) is 4.36. The predicted molar refractivity (Wildman–Crippen MR) is 66.8 cm³/mol. The Kier molecular flexibility index (Phi) is 4.21. The van der Waals surface area contributed by atoms with Crippen molar-refractivity contribution in [1.82, 2.24) is 10.6 Å². The molecule has 1 amide bonds. The number of hydrogen-bond acceptors (Lipinski definition) is 3. The van der Waals surface area contributed by atoms with E-state index in [0.29, 0.717) is 19.0 Å². The highest BCUT2D eigenvalue weighted by Gasteiger charge is 2.22. The van der Waals surface area contributed by atoms with E-state index in [9.17, 15) is 4.79 Å². The molecule has 1 saturated carbocycles. The number of nitrogens with one attached hydrogen (secondary N) is 2. The van der Waals surface area contributed by atoms with E-state index < -0.39 is 0 Å². The zero-order valence-corrected chi connectivity index (χ0v) is 10.5. The third-order valence-corrected chi connectivity index (χ3v) is 3.63. The molecule has 1 aliphatic carbocycles. The second kappa shape index (κ2) is 5.66. The van der Waals surface area contributed by atoms with Gasteiger partial charge in [0, 0.05) is 30.4 Å². The maximum absolute atomic E-state index is 11.3. The van der Waals surface area contributed by atoms with Gasteiger partial charge in [-0.15, -0.1) is 11.3 Å². The Morgan fingerprint density at radius 3 is 2.94 bits per heavy atom. The van der Waals surface area contributed by atoms with Gasteiger partial charge < -0.3 is 10.6 Å². The van der Waals surface area contributed by atoms with Crippen molar-refractivity contribution in [3.05, 3.63) is 21.3 Å². The van der Waals surface area contributed by atoms with Gasteiger partial charge in [-0.2, -0.15) is 0 Å². The fraction of sp³-hybridized carbons (Fsp3) is 0.545. The van der Waals surface area contributed by atoms with E-state index in [1.54, 1.807) is 11.3 Å². The highest BCUT2D eigenvalue weighted by molar-refractivity contribution is 7.16. The summed E-state index contributed by atoms with van der Waals surface area (Å²) in [6.45, 7) is 1.50. The lowest BCUT2D eigenvalue weighted by Gasteiger charge is -2.04. The molecular formula is C11H15ClN2OS. The zero-order valence-electron chi connectivity index (χ0n) is 8.96. The molecule has 2 N–H and O–H groups in total. The van der Waals surface area contributed by atoms with E-state index in [4.69, 9.17) is 11.6 Å². The minimum absolute atomic E-state index is 0.152. The molecule has 88 valence electrons. The Bertz CT molecular complexity index is 363. The molecule has 2 rings (SSSR count). The Hall–Kier alpha value is -0.580. The second-order valence-electron chi connectivity index (χ2n) is 3.97. The molecule has 3 nitrogen and oxygen atoms in total. The summed E-state index contributed by atoms with van der Waals surface area (Å²) in [5, 5.41) is 6.19. The van der Waals surface area contributed by atoms with Gasteiger partial charge in [0.2, 0.25) is 5.91 Å². The van der Waals surface area contributed by atoms with Gasteiger partial charge >= 0.3 is 0 Å². The van der Waals surface area contributed by atoms with E-state index in [2.05, 4.69) is 10.6 Å². The molecule has 0 radical (unpaired) electrons. The number of carbonyl (C=O) groups is 1. The molecule has 0 unspecified atom stereocenters. The lowest BCUT2D eigenvalue weighted by atomic mass is 10.3. The molecule has 1 aromatic rings. The quantitative estimate of drug-likeness (QED) is 0.768. The van der Waals surface area contributed by atoms with Gasteiger partial charge in [-0.1, -0.05) is 11.6 Å². The monoisotopic (exact) mass is 258 g/mol. The number of thiophene rings is 1. The van der Waals surface area contributed by atoms with Crippen LogP contribution in [0.4, 0.5) is 0 Å². The van der Waals surface area contributed by atoms with Crippen molar-refractivity contribution in [3.63, 3.8) is 0 Å². The summed E-state index contributed by atoms with van der Waals surface area (Å²) in [6.07, 6.45) is 2.84. The Morgan fingerprint density at radius 1 is 1.50 bits per heavy atom. The molecule has 1 fully saturated rings. The predicted octanol–water partition coefficient (Wildman–Crippen LogP) is 2.16. The average molecular weight is 259 g/mol. The van der Waals surface area contributed by atoms with Gasteiger partial charge in [-0.05, 0) is 25.0 Å². The van der Waals surface area contributed by atoms with Crippen LogP contribution in [0.3, 0.4) is 0 Å². The molecule has 0 aromatic carbocycles. The summed E-state index contributed by atoms with van der Waals surface area (Å²) >= 11 is 7.38. The van der Waals surface area contributed by atoms with Crippen molar-refractivity contribution in [3.8, 4) is 0 Å². The van der Waals surface area contributed by atoms with Crippen molar-refractivity contribution >= 4 is 28.8 Å². The smallest absolute Gasteiger partial charge is 0.221 e. The molecule has 0 saturated heterocycles. The van der Waals surface area contributed by atoms with E-state index >= 15 is 0 Å². The normalized spacial score (nSPS) is 15.1. The van der Waals surface area contributed by atoms with Crippen molar-refractivity contribution in [2.75, 3.05) is 6.54 Å².